The van der Waals surface area contributed by atoms with Crippen LogP contribution in [0.25, 0.3) is 0 Å². The fourth-order valence-electron chi connectivity index (χ4n) is 3.99. The third-order valence-corrected chi connectivity index (χ3v) is 5.64. The van der Waals surface area contributed by atoms with Crippen LogP contribution in [0.2, 0.25) is 0 Å². The highest BCUT2D eigenvalue weighted by atomic mass is 16.4. The molecule has 0 spiro atoms. The Morgan fingerprint density at radius 3 is 2.28 bits per heavy atom. The maximum Gasteiger partial charge on any atom is 0.303 e. The topological polar surface area (TPSA) is 69.6 Å². The van der Waals surface area contributed by atoms with Gasteiger partial charge in [-0.3, -0.25) is 9.59 Å². The summed E-state index contributed by atoms with van der Waals surface area (Å²) >= 11 is 0. The number of carboxylic acids is 1. The largest absolute Gasteiger partial charge is 0.481 e. The number of amides is 1. The number of benzene rings is 1. The molecule has 0 radical (unpaired) electrons. The molecule has 1 amide bonds. The van der Waals surface area contributed by atoms with Crippen molar-refractivity contribution in [3.63, 3.8) is 0 Å². The van der Waals surface area contributed by atoms with Gasteiger partial charge in [0.05, 0.1) is 0 Å². The van der Waals surface area contributed by atoms with Crippen LogP contribution in [0.5, 0.6) is 0 Å². The van der Waals surface area contributed by atoms with E-state index in [1.807, 2.05) is 17.0 Å². The summed E-state index contributed by atoms with van der Waals surface area (Å²) in [5.41, 5.74) is 2.10. The molecule has 0 atom stereocenters. The van der Waals surface area contributed by atoms with Gasteiger partial charge in [-0.15, -0.1) is 0 Å². The van der Waals surface area contributed by atoms with E-state index in [-0.39, 0.29) is 12.3 Å². The second-order valence-electron chi connectivity index (χ2n) is 7.31. The molecule has 2 fully saturated rings. The fourth-order valence-corrected chi connectivity index (χ4v) is 3.99. The molecule has 0 aromatic heterocycles. The molecule has 2 heterocycles. The Bertz CT molecular complexity index is 585. The molecule has 0 saturated carbocycles. The Hall–Kier alpha value is -1.88. The number of hydrogen-bond donors (Lipinski definition) is 2. The number of nitrogens with one attached hydrogen (secondary N) is 1. The van der Waals surface area contributed by atoms with Gasteiger partial charge in [0.2, 0.25) is 0 Å². The number of carbonyl (C=O) groups excluding carboxylic acids is 1. The van der Waals surface area contributed by atoms with Gasteiger partial charge in [-0.1, -0.05) is 12.1 Å². The predicted molar refractivity (Wildman–Crippen MR) is 96.8 cm³/mol. The molecule has 2 N–H and O–H groups in total. The lowest BCUT2D eigenvalue weighted by molar-refractivity contribution is -0.137. The van der Waals surface area contributed by atoms with Crippen molar-refractivity contribution >= 4 is 11.9 Å². The standard InChI is InChI=1S/C20H28N2O3/c23-19(24)6-1-15-9-13-22(14-10-15)20(25)18-4-2-16(3-5-18)17-7-11-21-12-8-17/h2-5,15,17,21H,1,6-14H2,(H,23,24). The summed E-state index contributed by atoms with van der Waals surface area (Å²) < 4.78 is 0. The van der Waals surface area contributed by atoms with Crippen LogP contribution in [0.15, 0.2) is 24.3 Å². The van der Waals surface area contributed by atoms with Gasteiger partial charge in [-0.25, -0.2) is 0 Å². The quantitative estimate of drug-likeness (QED) is 0.862. The lowest BCUT2D eigenvalue weighted by atomic mass is 9.89. The second-order valence-corrected chi connectivity index (χ2v) is 7.31. The highest BCUT2D eigenvalue weighted by Crippen LogP contribution is 2.26. The van der Waals surface area contributed by atoms with Crippen molar-refractivity contribution in [2.45, 2.75) is 44.4 Å². The first-order chi connectivity index (χ1) is 12.1. The van der Waals surface area contributed by atoms with Crippen LogP contribution in [0, 0.1) is 5.92 Å². The normalized spacial score (nSPS) is 19.8. The number of likely N-dealkylation sites (tertiary alicyclic amines) is 1. The minimum absolute atomic E-state index is 0.105. The van der Waals surface area contributed by atoms with E-state index in [1.165, 1.54) is 5.56 Å². The van der Waals surface area contributed by atoms with Gasteiger partial charge in [0.1, 0.15) is 0 Å². The summed E-state index contributed by atoms with van der Waals surface area (Å²) in [5.74, 6) is 0.415. The molecule has 2 saturated heterocycles. The summed E-state index contributed by atoms with van der Waals surface area (Å²) in [4.78, 5) is 25.3. The van der Waals surface area contributed by atoms with E-state index in [4.69, 9.17) is 5.11 Å². The third kappa shape index (κ3) is 4.82. The molecule has 1 aromatic carbocycles. The molecule has 0 aliphatic carbocycles. The number of rotatable bonds is 5. The molecule has 25 heavy (non-hydrogen) atoms. The average molecular weight is 344 g/mol. The summed E-state index contributed by atoms with van der Waals surface area (Å²) in [5, 5.41) is 12.2. The van der Waals surface area contributed by atoms with Crippen molar-refractivity contribution in [3.8, 4) is 0 Å². The van der Waals surface area contributed by atoms with Crippen LogP contribution in [-0.2, 0) is 4.79 Å². The molecule has 1 aromatic rings. The zero-order chi connectivity index (χ0) is 17.6. The highest BCUT2D eigenvalue weighted by molar-refractivity contribution is 5.94. The van der Waals surface area contributed by atoms with E-state index < -0.39 is 5.97 Å². The van der Waals surface area contributed by atoms with Gasteiger partial charge in [0.15, 0.2) is 0 Å². The second kappa shape index (κ2) is 8.48. The average Bonchev–Trinajstić information content (AvgIpc) is 2.67. The molecule has 2 aliphatic rings. The summed E-state index contributed by atoms with van der Waals surface area (Å²) in [6, 6.07) is 8.16. The van der Waals surface area contributed by atoms with E-state index >= 15 is 0 Å². The van der Waals surface area contributed by atoms with Crippen LogP contribution >= 0.6 is 0 Å². The number of nitrogens with zero attached hydrogens (tertiary/aromatic N) is 1. The van der Waals surface area contributed by atoms with Gasteiger partial charge in [-0.2, -0.15) is 0 Å². The molecule has 2 aliphatic heterocycles. The van der Waals surface area contributed by atoms with Crippen molar-refractivity contribution in [3.05, 3.63) is 35.4 Å². The van der Waals surface area contributed by atoms with Crippen LogP contribution in [-0.4, -0.2) is 48.1 Å². The zero-order valence-electron chi connectivity index (χ0n) is 14.7. The maximum atomic E-state index is 12.7. The monoisotopic (exact) mass is 344 g/mol. The van der Waals surface area contributed by atoms with Crippen LogP contribution in [0.3, 0.4) is 0 Å². The lowest BCUT2D eigenvalue weighted by Crippen LogP contribution is -2.38. The number of hydrogen-bond acceptors (Lipinski definition) is 3. The van der Waals surface area contributed by atoms with Gasteiger partial charge < -0.3 is 15.3 Å². The Balaban J connectivity index is 1.52. The molecule has 5 nitrogen and oxygen atoms in total. The van der Waals surface area contributed by atoms with Gasteiger partial charge >= 0.3 is 5.97 Å². The minimum Gasteiger partial charge on any atom is -0.481 e. The SMILES string of the molecule is O=C(O)CCC1CCN(C(=O)c2ccc(C3CCNCC3)cc2)CC1. The summed E-state index contributed by atoms with van der Waals surface area (Å²) in [6.45, 7) is 3.61. The van der Waals surface area contributed by atoms with Gasteiger partial charge in [-0.05, 0) is 74.7 Å². The number of aliphatic carboxylic acids is 1. The summed E-state index contributed by atoms with van der Waals surface area (Å²) in [7, 11) is 0. The first kappa shape index (κ1) is 17.9. The zero-order valence-corrected chi connectivity index (χ0v) is 14.7. The van der Waals surface area contributed by atoms with Crippen molar-refractivity contribution < 1.29 is 14.7 Å². The van der Waals surface area contributed by atoms with Crippen LogP contribution < -0.4 is 5.32 Å². The number of piperidine rings is 2. The molecular weight excluding hydrogens is 316 g/mol. The molecule has 136 valence electrons. The fraction of sp³-hybridized carbons (Fsp3) is 0.600. The summed E-state index contributed by atoms with van der Waals surface area (Å²) in [6.07, 6.45) is 5.10. The molecule has 0 unspecified atom stereocenters. The van der Waals surface area contributed by atoms with Crippen LogP contribution in [0.1, 0.15) is 60.4 Å². The lowest BCUT2D eigenvalue weighted by Gasteiger charge is -2.32. The van der Waals surface area contributed by atoms with E-state index in [2.05, 4.69) is 17.4 Å². The van der Waals surface area contributed by atoms with Gasteiger partial charge in [0, 0.05) is 25.1 Å². The van der Waals surface area contributed by atoms with E-state index in [0.717, 1.165) is 63.8 Å². The van der Waals surface area contributed by atoms with Crippen LogP contribution in [0.4, 0.5) is 0 Å². The van der Waals surface area contributed by atoms with Crippen molar-refractivity contribution in [1.29, 1.82) is 0 Å². The molecule has 5 heteroatoms. The third-order valence-electron chi connectivity index (χ3n) is 5.64. The van der Waals surface area contributed by atoms with E-state index in [9.17, 15) is 9.59 Å². The van der Waals surface area contributed by atoms with Gasteiger partial charge in [0.25, 0.3) is 5.91 Å². The van der Waals surface area contributed by atoms with E-state index in [1.54, 1.807) is 0 Å². The molecule has 0 bridgehead atoms. The Kier molecular flexibility index (Phi) is 6.08. The minimum atomic E-state index is -0.729. The van der Waals surface area contributed by atoms with Crippen molar-refractivity contribution in [1.82, 2.24) is 10.2 Å². The Morgan fingerprint density at radius 2 is 1.68 bits per heavy atom. The van der Waals surface area contributed by atoms with E-state index in [0.29, 0.717) is 11.8 Å². The highest BCUT2D eigenvalue weighted by Gasteiger charge is 2.24. The number of carboxylic acid groups (broad SMARTS) is 1. The Labute approximate surface area is 149 Å². The number of carbonyl (C=O) groups is 2. The maximum absolute atomic E-state index is 12.7. The first-order valence-electron chi connectivity index (χ1n) is 9.45. The smallest absolute Gasteiger partial charge is 0.303 e. The molecular formula is C20H28N2O3. The predicted octanol–water partition coefficient (Wildman–Crippen LogP) is 2.87. The molecule has 3 rings (SSSR count). The Morgan fingerprint density at radius 1 is 1.04 bits per heavy atom. The van der Waals surface area contributed by atoms with Crippen molar-refractivity contribution in [2.24, 2.45) is 5.92 Å². The first-order valence-corrected chi connectivity index (χ1v) is 9.45. The van der Waals surface area contributed by atoms with Crippen molar-refractivity contribution in [2.75, 3.05) is 26.2 Å².